The van der Waals surface area contributed by atoms with Crippen LogP contribution in [0.3, 0.4) is 0 Å². The first-order chi connectivity index (χ1) is 5.48. The van der Waals surface area contributed by atoms with Gasteiger partial charge < -0.3 is 4.74 Å². The Balaban J connectivity index is 3.46. The SMILES string of the molecule is CCCC(C)(C)COCC(C)C. The highest BCUT2D eigenvalue weighted by atomic mass is 16.5. The van der Waals surface area contributed by atoms with E-state index in [1.165, 1.54) is 12.8 Å². The third kappa shape index (κ3) is 6.66. The van der Waals surface area contributed by atoms with E-state index < -0.39 is 0 Å². The van der Waals surface area contributed by atoms with Gasteiger partial charge in [0.15, 0.2) is 0 Å². The van der Waals surface area contributed by atoms with E-state index in [1.54, 1.807) is 0 Å². The van der Waals surface area contributed by atoms with Gasteiger partial charge in [0.2, 0.25) is 0 Å². The van der Waals surface area contributed by atoms with Gasteiger partial charge in [0.05, 0.1) is 6.61 Å². The first-order valence-corrected chi connectivity index (χ1v) is 5.05. The molecule has 0 heterocycles. The maximum atomic E-state index is 5.61. The van der Waals surface area contributed by atoms with Gasteiger partial charge in [0.25, 0.3) is 0 Å². The summed E-state index contributed by atoms with van der Waals surface area (Å²) in [4.78, 5) is 0. The molecule has 1 heteroatoms. The van der Waals surface area contributed by atoms with E-state index in [0.717, 1.165) is 13.2 Å². The zero-order chi connectivity index (χ0) is 9.61. The summed E-state index contributed by atoms with van der Waals surface area (Å²) in [6, 6.07) is 0. The highest BCUT2D eigenvalue weighted by Gasteiger charge is 2.16. The van der Waals surface area contributed by atoms with Gasteiger partial charge in [-0.05, 0) is 17.8 Å². The molecule has 0 aromatic heterocycles. The monoisotopic (exact) mass is 172 g/mol. The van der Waals surface area contributed by atoms with Crippen LogP contribution in [0.15, 0.2) is 0 Å². The van der Waals surface area contributed by atoms with Gasteiger partial charge in [-0.15, -0.1) is 0 Å². The molecule has 74 valence electrons. The van der Waals surface area contributed by atoms with Crippen LogP contribution < -0.4 is 0 Å². The van der Waals surface area contributed by atoms with Gasteiger partial charge in [-0.1, -0.05) is 41.0 Å². The van der Waals surface area contributed by atoms with Gasteiger partial charge in [-0.2, -0.15) is 0 Å². The minimum Gasteiger partial charge on any atom is -0.381 e. The van der Waals surface area contributed by atoms with Crippen molar-refractivity contribution >= 4 is 0 Å². The maximum Gasteiger partial charge on any atom is 0.0517 e. The highest BCUT2D eigenvalue weighted by molar-refractivity contribution is 4.66. The molecule has 0 unspecified atom stereocenters. The van der Waals surface area contributed by atoms with Crippen LogP contribution in [0, 0.1) is 11.3 Å². The summed E-state index contributed by atoms with van der Waals surface area (Å²) in [5.41, 5.74) is 0.365. The Morgan fingerprint density at radius 2 is 1.83 bits per heavy atom. The van der Waals surface area contributed by atoms with Crippen molar-refractivity contribution in [1.82, 2.24) is 0 Å². The summed E-state index contributed by atoms with van der Waals surface area (Å²) in [5.74, 6) is 0.655. The Bertz CT molecular complexity index is 106. The number of ether oxygens (including phenoxy) is 1. The van der Waals surface area contributed by atoms with Gasteiger partial charge in [-0.25, -0.2) is 0 Å². The summed E-state index contributed by atoms with van der Waals surface area (Å²) < 4.78 is 5.61. The molecule has 0 saturated carbocycles. The van der Waals surface area contributed by atoms with Gasteiger partial charge in [-0.3, -0.25) is 0 Å². The van der Waals surface area contributed by atoms with Crippen molar-refractivity contribution in [2.45, 2.75) is 47.5 Å². The van der Waals surface area contributed by atoms with E-state index in [9.17, 15) is 0 Å². The predicted molar refractivity (Wildman–Crippen MR) is 54.3 cm³/mol. The van der Waals surface area contributed by atoms with Gasteiger partial charge in [0, 0.05) is 6.61 Å². The van der Waals surface area contributed by atoms with Crippen molar-refractivity contribution in [2.75, 3.05) is 13.2 Å². The first-order valence-electron chi connectivity index (χ1n) is 5.05. The van der Waals surface area contributed by atoms with Crippen molar-refractivity contribution in [2.24, 2.45) is 11.3 Å². The lowest BCUT2D eigenvalue weighted by molar-refractivity contribution is 0.0425. The second-order valence-corrected chi connectivity index (χ2v) is 4.82. The lowest BCUT2D eigenvalue weighted by Crippen LogP contribution is -2.20. The molecule has 0 saturated heterocycles. The highest BCUT2D eigenvalue weighted by Crippen LogP contribution is 2.22. The van der Waals surface area contributed by atoms with Crippen LogP contribution in [0.5, 0.6) is 0 Å². The van der Waals surface area contributed by atoms with E-state index in [-0.39, 0.29) is 0 Å². The molecule has 0 radical (unpaired) electrons. The largest absolute Gasteiger partial charge is 0.381 e. The lowest BCUT2D eigenvalue weighted by Gasteiger charge is -2.24. The zero-order valence-electron chi connectivity index (χ0n) is 9.31. The van der Waals surface area contributed by atoms with Crippen molar-refractivity contribution in [3.05, 3.63) is 0 Å². The molecule has 0 N–H and O–H groups in total. The Hall–Kier alpha value is -0.0400. The molecular weight excluding hydrogens is 148 g/mol. The van der Waals surface area contributed by atoms with E-state index >= 15 is 0 Å². The first kappa shape index (κ1) is 12.0. The van der Waals surface area contributed by atoms with Crippen molar-refractivity contribution < 1.29 is 4.74 Å². The fourth-order valence-electron chi connectivity index (χ4n) is 1.32. The third-order valence-electron chi connectivity index (χ3n) is 1.87. The Morgan fingerprint density at radius 3 is 2.25 bits per heavy atom. The number of hydrogen-bond acceptors (Lipinski definition) is 1. The molecule has 0 aromatic carbocycles. The van der Waals surface area contributed by atoms with Crippen LogP contribution in [0.1, 0.15) is 47.5 Å². The quantitative estimate of drug-likeness (QED) is 0.596. The fraction of sp³-hybridized carbons (Fsp3) is 1.00. The molecule has 0 aliphatic heterocycles. The van der Waals surface area contributed by atoms with E-state index in [2.05, 4.69) is 34.6 Å². The topological polar surface area (TPSA) is 9.23 Å². The molecule has 0 bridgehead atoms. The molecule has 0 rings (SSSR count). The molecule has 0 aliphatic carbocycles. The predicted octanol–water partition coefficient (Wildman–Crippen LogP) is 3.49. The Morgan fingerprint density at radius 1 is 1.25 bits per heavy atom. The van der Waals surface area contributed by atoms with Crippen LogP contribution in [0.25, 0.3) is 0 Å². The molecule has 1 nitrogen and oxygen atoms in total. The lowest BCUT2D eigenvalue weighted by atomic mass is 9.89. The molecule has 0 aromatic rings. The normalized spacial score (nSPS) is 12.5. The van der Waals surface area contributed by atoms with E-state index in [4.69, 9.17) is 4.74 Å². The van der Waals surface area contributed by atoms with Crippen molar-refractivity contribution in [3.63, 3.8) is 0 Å². The Labute approximate surface area is 77.5 Å². The zero-order valence-corrected chi connectivity index (χ0v) is 9.31. The van der Waals surface area contributed by atoms with Crippen LogP contribution >= 0.6 is 0 Å². The second-order valence-electron chi connectivity index (χ2n) is 4.82. The van der Waals surface area contributed by atoms with Crippen molar-refractivity contribution in [1.29, 1.82) is 0 Å². The molecule has 0 atom stereocenters. The molecular formula is C11H24O. The number of rotatable bonds is 6. The minimum atomic E-state index is 0.365. The second kappa shape index (κ2) is 5.58. The van der Waals surface area contributed by atoms with Gasteiger partial charge >= 0.3 is 0 Å². The molecule has 0 aliphatic rings. The van der Waals surface area contributed by atoms with Gasteiger partial charge in [0.1, 0.15) is 0 Å². The summed E-state index contributed by atoms with van der Waals surface area (Å²) in [6.45, 7) is 12.9. The van der Waals surface area contributed by atoms with Crippen LogP contribution in [0.2, 0.25) is 0 Å². The van der Waals surface area contributed by atoms with Crippen molar-refractivity contribution in [3.8, 4) is 0 Å². The fourth-order valence-corrected chi connectivity index (χ4v) is 1.32. The van der Waals surface area contributed by atoms with Crippen LogP contribution in [-0.2, 0) is 4.74 Å². The summed E-state index contributed by atoms with van der Waals surface area (Å²) in [7, 11) is 0. The Kier molecular flexibility index (Phi) is 5.56. The van der Waals surface area contributed by atoms with E-state index in [1.807, 2.05) is 0 Å². The molecule has 0 fully saturated rings. The molecule has 12 heavy (non-hydrogen) atoms. The average Bonchev–Trinajstić information content (AvgIpc) is 1.85. The third-order valence-corrected chi connectivity index (χ3v) is 1.87. The summed E-state index contributed by atoms with van der Waals surface area (Å²) >= 11 is 0. The summed E-state index contributed by atoms with van der Waals surface area (Å²) in [5, 5.41) is 0. The van der Waals surface area contributed by atoms with Crippen LogP contribution in [-0.4, -0.2) is 13.2 Å². The maximum absolute atomic E-state index is 5.61. The molecule has 0 amide bonds. The summed E-state index contributed by atoms with van der Waals surface area (Å²) in [6.07, 6.45) is 2.50. The standard InChI is InChI=1S/C11H24O/c1-6-7-11(4,5)9-12-8-10(2)3/h10H,6-9H2,1-5H3. The molecule has 0 spiro atoms. The number of hydrogen-bond donors (Lipinski definition) is 0. The van der Waals surface area contributed by atoms with E-state index in [0.29, 0.717) is 11.3 Å². The smallest absolute Gasteiger partial charge is 0.0517 e. The minimum absolute atomic E-state index is 0.365. The van der Waals surface area contributed by atoms with Crippen LogP contribution in [0.4, 0.5) is 0 Å². The average molecular weight is 172 g/mol.